The van der Waals surface area contributed by atoms with Gasteiger partial charge in [-0.2, -0.15) is 0 Å². The zero-order valence-electron chi connectivity index (χ0n) is 12.5. The number of aliphatic hydroxyl groups is 1. The number of carbonyl (C=O) groups excluding carboxylic acids is 2. The molecule has 0 aromatic carbocycles. The molecule has 0 amide bonds. The van der Waals surface area contributed by atoms with E-state index in [1.807, 2.05) is 0 Å². The molecule has 0 aromatic heterocycles. The lowest BCUT2D eigenvalue weighted by Gasteiger charge is -2.84. The summed E-state index contributed by atoms with van der Waals surface area (Å²) in [6.45, 7) is 2.12. The van der Waals surface area contributed by atoms with Crippen molar-refractivity contribution in [3.63, 3.8) is 0 Å². The maximum Gasteiger partial charge on any atom is 0.309 e. The Bertz CT molecular complexity index is 571. The number of methoxy groups -OCH3 is 1. The van der Waals surface area contributed by atoms with E-state index in [-0.39, 0.29) is 34.7 Å². The second-order valence-electron chi connectivity index (χ2n) is 8.18. The van der Waals surface area contributed by atoms with Crippen molar-refractivity contribution in [3.05, 3.63) is 0 Å². The Morgan fingerprint density at radius 3 is 2.67 bits per heavy atom. The van der Waals surface area contributed by atoms with Crippen LogP contribution in [-0.4, -0.2) is 30.1 Å². The van der Waals surface area contributed by atoms with E-state index in [4.69, 9.17) is 4.74 Å². The molecule has 5 fully saturated rings. The number of carbonyl (C=O) groups is 2. The van der Waals surface area contributed by atoms with Gasteiger partial charge < -0.3 is 9.84 Å². The maximum atomic E-state index is 12.4. The molecule has 4 heteroatoms. The summed E-state index contributed by atoms with van der Waals surface area (Å²) < 4.78 is 5.02. The lowest BCUT2D eigenvalue weighted by Crippen LogP contribution is -2.86. The second-order valence-corrected chi connectivity index (χ2v) is 8.18. The van der Waals surface area contributed by atoms with E-state index >= 15 is 0 Å². The molecule has 5 rings (SSSR count). The number of Topliss-reactive ketones (excluding diaryl/α,β-unsaturated/α-hetero) is 1. The number of esters is 1. The van der Waals surface area contributed by atoms with Crippen molar-refractivity contribution in [2.75, 3.05) is 7.11 Å². The third kappa shape index (κ3) is 0.940. The molecule has 0 radical (unpaired) electrons. The number of rotatable bonds is 1. The van der Waals surface area contributed by atoms with E-state index in [0.717, 1.165) is 19.3 Å². The third-order valence-corrected chi connectivity index (χ3v) is 8.37. The van der Waals surface area contributed by atoms with Crippen molar-refractivity contribution in [1.82, 2.24) is 0 Å². The Hall–Kier alpha value is -0.900. The minimum atomic E-state index is -0.269. The molecule has 5 aliphatic rings. The Morgan fingerprint density at radius 1 is 1.19 bits per heavy atom. The number of ketones is 1. The SMILES string of the molecule is COC(=O)[C@@H]1[C@H]2[C@H]3[C@H]([C@@H]4CCC(=O)[C@]34C)C23[C@@H]1CC[C@@H]3O. The smallest absolute Gasteiger partial charge is 0.309 e. The van der Waals surface area contributed by atoms with E-state index in [0.29, 0.717) is 35.9 Å². The van der Waals surface area contributed by atoms with E-state index in [9.17, 15) is 14.7 Å². The summed E-state index contributed by atoms with van der Waals surface area (Å²) in [5, 5.41) is 10.6. The molecular weight excluding hydrogens is 268 g/mol. The zero-order valence-corrected chi connectivity index (χ0v) is 12.5. The van der Waals surface area contributed by atoms with Gasteiger partial charge in [-0.1, -0.05) is 6.92 Å². The van der Waals surface area contributed by atoms with Gasteiger partial charge in [-0.05, 0) is 48.9 Å². The molecule has 0 aromatic rings. The molecule has 5 saturated carbocycles. The highest BCUT2D eigenvalue weighted by molar-refractivity contribution is 5.90. The maximum absolute atomic E-state index is 12.4. The van der Waals surface area contributed by atoms with Gasteiger partial charge in [0.05, 0.1) is 19.1 Å². The van der Waals surface area contributed by atoms with Crippen LogP contribution in [0.2, 0.25) is 0 Å². The first-order chi connectivity index (χ1) is 10.0. The number of fused-ring (bicyclic) bond motifs is 5. The molecule has 0 saturated heterocycles. The molecule has 4 nitrogen and oxygen atoms in total. The van der Waals surface area contributed by atoms with Crippen LogP contribution in [0.4, 0.5) is 0 Å². The zero-order chi connectivity index (χ0) is 14.7. The monoisotopic (exact) mass is 290 g/mol. The summed E-state index contributed by atoms with van der Waals surface area (Å²) in [5.41, 5.74) is -0.252. The molecule has 21 heavy (non-hydrogen) atoms. The van der Waals surface area contributed by atoms with Crippen molar-refractivity contribution >= 4 is 11.8 Å². The average Bonchev–Trinajstić information content (AvgIpc) is 2.88. The van der Waals surface area contributed by atoms with Gasteiger partial charge in [-0.25, -0.2) is 0 Å². The normalized spacial score (nSPS) is 62.4. The van der Waals surface area contributed by atoms with Crippen LogP contribution >= 0.6 is 0 Å². The second kappa shape index (κ2) is 3.37. The van der Waals surface area contributed by atoms with Gasteiger partial charge in [0.2, 0.25) is 0 Å². The number of ether oxygens (including phenoxy) is 1. The molecule has 1 unspecified atom stereocenters. The quantitative estimate of drug-likeness (QED) is 0.742. The van der Waals surface area contributed by atoms with Crippen molar-refractivity contribution in [2.45, 2.75) is 38.7 Å². The van der Waals surface area contributed by atoms with Crippen LogP contribution in [-0.2, 0) is 14.3 Å². The van der Waals surface area contributed by atoms with Crippen LogP contribution in [0.5, 0.6) is 0 Å². The summed E-state index contributed by atoms with van der Waals surface area (Å²) >= 11 is 0. The fourth-order valence-electron chi connectivity index (χ4n) is 7.85. The molecule has 0 bridgehead atoms. The Balaban J connectivity index is 1.58. The van der Waals surface area contributed by atoms with Crippen LogP contribution < -0.4 is 0 Å². The molecule has 1 spiro atoms. The standard InChI is InChI=1S/C17H22O4/c1-16-8(4-5-9(16)18)12-14(16)13-11(15(20)21-2)7-3-6-10(19)17(7,12)13/h7-8,10-14,19H,3-6H2,1-2H3/t7-,8+,10+,11+,12+,13+,14-,16-,17?/m1/s1. The van der Waals surface area contributed by atoms with Gasteiger partial charge in [0.1, 0.15) is 5.78 Å². The molecular formula is C17H22O4. The van der Waals surface area contributed by atoms with E-state index in [1.165, 1.54) is 7.11 Å². The van der Waals surface area contributed by atoms with Gasteiger partial charge in [-0.3, -0.25) is 9.59 Å². The Morgan fingerprint density at radius 2 is 1.95 bits per heavy atom. The largest absolute Gasteiger partial charge is 0.469 e. The first kappa shape index (κ1) is 12.6. The van der Waals surface area contributed by atoms with Crippen LogP contribution in [0, 0.1) is 46.3 Å². The van der Waals surface area contributed by atoms with Crippen LogP contribution in [0.15, 0.2) is 0 Å². The minimum absolute atomic E-state index is 0.0433. The fourth-order valence-corrected chi connectivity index (χ4v) is 7.85. The highest BCUT2D eigenvalue weighted by atomic mass is 16.5. The Labute approximate surface area is 124 Å². The van der Waals surface area contributed by atoms with Crippen molar-refractivity contribution in [2.24, 2.45) is 46.3 Å². The predicted octanol–water partition coefficient (Wildman–Crippen LogP) is 1.41. The molecule has 9 atom stereocenters. The molecule has 114 valence electrons. The van der Waals surface area contributed by atoms with Crippen molar-refractivity contribution < 1.29 is 19.4 Å². The van der Waals surface area contributed by atoms with Gasteiger partial charge in [-0.15, -0.1) is 0 Å². The van der Waals surface area contributed by atoms with Crippen LogP contribution in [0.25, 0.3) is 0 Å². The minimum Gasteiger partial charge on any atom is -0.469 e. The fraction of sp³-hybridized carbons (Fsp3) is 0.882. The third-order valence-electron chi connectivity index (χ3n) is 8.37. The number of hydrogen-bond acceptors (Lipinski definition) is 4. The molecule has 1 N–H and O–H groups in total. The van der Waals surface area contributed by atoms with Crippen molar-refractivity contribution in [1.29, 1.82) is 0 Å². The van der Waals surface area contributed by atoms with Gasteiger partial charge in [0.15, 0.2) is 0 Å². The lowest BCUT2D eigenvalue weighted by molar-refractivity contribution is -0.393. The van der Waals surface area contributed by atoms with Crippen molar-refractivity contribution in [3.8, 4) is 0 Å². The Kier molecular flexibility index (Phi) is 2.03. The van der Waals surface area contributed by atoms with E-state index in [2.05, 4.69) is 6.92 Å². The number of hydrogen-bond donors (Lipinski definition) is 1. The topological polar surface area (TPSA) is 63.6 Å². The molecule has 0 aliphatic heterocycles. The summed E-state index contributed by atoms with van der Waals surface area (Å²) in [6, 6.07) is 0. The van der Waals surface area contributed by atoms with E-state index in [1.54, 1.807) is 0 Å². The van der Waals surface area contributed by atoms with Gasteiger partial charge >= 0.3 is 5.97 Å². The summed E-state index contributed by atoms with van der Waals surface area (Å²) in [7, 11) is 1.45. The first-order valence-corrected chi connectivity index (χ1v) is 8.29. The average molecular weight is 290 g/mol. The highest BCUT2D eigenvalue weighted by Gasteiger charge is 2.91. The molecule has 0 heterocycles. The van der Waals surface area contributed by atoms with Gasteiger partial charge in [0.25, 0.3) is 0 Å². The lowest BCUT2D eigenvalue weighted by atomic mass is 9.18. The van der Waals surface area contributed by atoms with Crippen LogP contribution in [0.1, 0.15) is 32.6 Å². The summed E-state index contributed by atoms with van der Waals surface area (Å²) in [6.07, 6.45) is 3.18. The first-order valence-electron chi connectivity index (χ1n) is 8.29. The number of aliphatic hydroxyl groups excluding tert-OH is 1. The predicted molar refractivity (Wildman–Crippen MR) is 73.0 cm³/mol. The summed E-state index contributed by atoms with van der Waals surface area (Å²) in [4.78, 5) is 24.6. The van der Waals surface area contributed by atoms with E-state index < -0.39 is 0 Å². The van der Waals surface area contributed by atoms with Crippen LogP contribution in [0.3, 0.4) is 0 Å². The summed E-state index contributed by atoms with van der Waals surface area (Å²) in [5.74, 6) is 1.97. The highest BCUT2D eigenvalue weighted by Crippen LogP contribution is 2.90. The van der Waals surface area contributed by atoms with Gasteiger partial charge in [0, 0.05) is 17.3 Å². The molecule has 5 aliphatic carbocycles.